The number of halogens is 1. The molecular formula is C19H19ClN4O2. The van der Waals surface area contributed by atoms with Gasteiger partial charge in [-0.2, -0.15) is 0 Å². The average Bonchev–Trinajstić information content (AvgIpc) is 2.94. The Labute approximate surface area is 156 Å². The molecule has 1 saturated heterocycles. The maximum Gasteiger partial charge on any atom is 0.158 e. The number of phenols is 1. The number of aromatic nitrogens is 3. The fraction of sp³-hybridized carbons (Fsp3) is 0.316. The van der Waals surface area contributed by atoms with Crippen molar-refractivity contribution in [3.8, 4) is 17.0 Å². The lowest BCUT2D eigenvalue weighted by Gasteiger charge is -2.26. The second kappa shape index (κ2) is 6.37. The van der Waals surface area contributed by atoms with Gasteiger partial charge in [0.25, 0.3) is 0 Å². The molecule has 4 rings (SSSR count). The number of pyridine rings is 1. The Bertz CT molecular complexity index is 977. The van der Waals surface area contributed by atoms with E-state index in [0.717, 1.165) is 10.8 Å². The van der Waals surface area contributed by atoms with Crippen molar-refractivity contribution >= 4 is 28.2 Å². The molecule has 26 heavy (non-hydrogen) atoms. The second-order valence-electron chi connectivity index (χ2n) is 7.18. The Morgan fingerprint density at radius 1 is 1.23 bits per heavy atom. The number of fused-ring (bicyclic) bond motifs is 1. The van der Waals surface area contributed by atoms with E-state index in [1.165, 1.54) is 6.07 Å². The van der Waals surface area contributed by atoms with E-state index in [2.05, 4.69) is 34.3 Å². The first-order valence-corrected chi connectivity index (χ1v) is 8.77. The van der Waals surface area contributed by atoms with Crippen LogP contribution in [0.2, 0.25) is 5.02 Å². The minimum absolute atomic E-state index is 0.00330. The minimum atomic E-state index is 0.00330. The smallest absolute Gasteiger partial charge is 0.158 e. The van der Waals surface area contributed by atoms with Crippen LogP contribution in [-0.4, -0.2) is 39.5 Å². The van der Waals surface area contributed by atoms with Gasteiger partial charge in [-0.1, -0.05) is 25.4 Å². The lowest BCUT2D eigenvalue weighted by molar-refractivity contribution is 0.167. The zero-order valence-electron chi connectivity index (χ0n) is 14.5. The van der Waals surface area contributed by atoms with Gasteiger partial charge in [0.1, 0.15) is 11.4 Å². The highest BCUT2D eigenvalue weighted by Crippen LogP contribution is 2.37. The number of phenolic OH excluding ortho intramolecular Hbond substituents is 1. The van der Waals surface area contributed by atoms with E-state index in [1.54, 1.807) is 24.5 Å². The standard InChI is InChI=1S/C19H19ClN4O2/c1-19(2)10-26-9-16(19)22-18-14-8-21-6-5-12(14)17(23-24-18)13-4-3-11(20)7-15(13)25/h3-8,16,25H,9-10H2,1-2H3,(H,22,24)/t16-/m0/s1. The predicted octanol–water partition coefficient (Wildman–Crippen LogP) is 3.89. The summed E-state index contributed by atoms with van der Waals surface area (Å²) in [5, 5.41) is 24.6. The first kappa shape index (κ1) is 17.0. The van der Waals surface area contributed by atoms with Crippen LogP contribution in [0.4, 0.5) is 5.82 Å². The first-order valence-electron chi connectivity index (χ1n) is 8.39. The second-order valence-corrected chi connectivity index (χ2v) is 7.62. The van der Waals surface area contributed by atoms with E-state index >= 15 is 0 Å². The summed E-state index contributed by atoms with van der Waals surface area (Å²) in [5.74, 6) is 0.727. The van der Waals surface area contributed by atoms with Gasteiger partial charge in [0.2, 0.25) is 0 Å². The third-order valence-corrected chi connectivity index (χ3v) is 5.04. The normalized spacial score (nSPS) is 19.0. The molecule has 7 heteroatoms. The maximum atomic E-state index is 10.3. The number of nitrogens with zero attached hydrogens (tertiary/aromatic N) is 3. The zero-order chi connectivity index (χ0) is 18.3. The van der Waals surface area contributed by atoms with Crippen molar-refractivity contribution in [1.82, 2.24) is 15.2 Å². The summed E-state index contributed by atoms with van der Waals surface area (Å²) >= 11 is 5.94. The number of nitrogens with one attached hydrogen (secondary N) is 1. The summed E-state index contributed by atoms with van der Waals surface area (Å²) in [6.45, 7) is 5.64. The highest BCUT2D eigenvalue weighted by atomic mass is 35.5. The summed E-state index contributed by atoms with van der Waals surface area (Å²) in [5.41, 5.74) is 1.17. The van der Waals surface area contributed by atoms with Crippen LogP contribution in [0.5, 0.6) is 5.75 Å². The fourth-order valence-electron chi connectivity index (χ4n) is 3.18. The molecule has 0 unspecified atom stereocenters. The van der Waals surface area contributed by atoms with Crippen LogP contribution in [0.25, 0.3) is 22.0 Å². The summed E-state index contributed by atoms with van der Waals surface area (Å²) in [6, 6.07) is 6.96. The number of rotatable bonds is 3. The minimum Gasteiger partial charge on any atom is -0.507 e. The number of ether oxygens (including phenoxy) is 1. The van der Waals surface area contributed by atoms with Crippen molar-refractivity contribution < 1.29 is 9.84 Å². The maximum absolute atomic E-state index is 10.3. The largest absolute Gasteiger partial charge is 0.507 e. The van der Waals surface area contributed by atoms with Gasteiger partial charge >= 0.3 is 0 Å². The molecule has 1 fully saturated rings. The van der Waals surface area contributed by atoms with Gasteiger partial charge in [0, 0.05) is 39.2 Å². The van der Waals surface area contributed by atoms with Gasteiger partial charge in [0.15, 0.2) is 5.82 Å². The zero-order valence-corrected chi connectivity index (χ0v) is 15.3. The van der Waals surface area contributed by atoms with Gasteiger partial charge in [0.05, 0.1) is 19.3 Å². The topological polar surface area (TPSA) is 80.2 Å². The highest BCUT2D eigenvalue weighted by molar-refractivity contribution is 6.30. The van der Waals surface area contributed by atoms with Gasteiger partial charge in [-0.3, -0.25) is 4.98 Å². The number of aromatic hydroxyl groups is 1. The van der Waals surface area contributed by atoms with Gasteiger partial charge < -0.3 is 15.2 Å². The molecule has 0 radical (unpaired) electrons. The van der Waals surface area contributed by atoms with E-state index in [-0.39, 0.29) is 17.2 Å². The summed E-state index contributed by atoms with van der Waals surface area (Å²) < 4.78 is 5.60. The molecule has 0 aliphatic carbocycles. The van der Waals surface area contributed by atoms with E-state index in [9.17, 15) is 5.11 Å². The van der Waals surface area contributed by atoms with Crippen LogP contribution in [0, 0.1) is 5.41 Å². The lowest BCUT2D eigenvalue weighted by Crippen LogP contribution is -2.35. The van der Waals surface area contributed by atoms with Crippen molar-refractivity contribution in [2.45, 2.75) is 19.9 Å². The van der Waals surface area contributed by atoms with Crippen LogP contribution < -0.4 is 5.32 Å². The Morgan fingerprint density at radius 2 is 2.08 bits per heavy atom. The third-order valence-electron chi connectivity index (χ3n) is 4.81. The van der Waals surface area contributed by atoms with Crippen molar-refractivity contribution in [1.29, 1.82) is 0 Å². The van der Waals surface area contributed by atoms with Crippen LogP contribution in [0.3, 0.4) is 0 Å². The first-order chi connectivity index (χ1) is 12.5. The van der Waals surface area contributed by atoms with Crippen molar-refractivity contribution in [2.24, 2.45) is 5.41 Å². The fourth-order valence-corrected chi connectivity index (χ4v) is 3.34. The third kappa shape index (κ3) is 2.95. The quantitative estimate of drug-likeness (QED) is 0.728. The number of hydrogen-bond acceptors (Lipinski definition) is 6. The number of anilines is 1. The molecule has 3 heterocycles. The summed E-state index contributed by atoms with van der Waals surface area (Å²) in [6.07, 6.45) is 3.46. The monoisotopic (exact) mass is 370 g/mol. The summed E-state index contributed by atoms with van der Waals surface area (Å²) in [4.78, 5) is 4.23. The molecule has 1 aromatic carbocycles. The van der Waals surface area contributed by atoms with Gasteiger partial charge in [-0.05, 0) is 24.3 Å². The predicted molar refractivity (Wildman–Crippen MR) is 101 cm³/mol. The Morgan fingerprint density at radius 3 is 2.81 bits per heavy atom. The molecule has 2 N–H and O–H groups in total. The lowest BCUT2D eigenvalue weighted by atomic mass is 9.88. The highest BCUT2D eigenvalue weighted by Gasteiger charge is 2.36. The molecule has 2 aromatic heterocycles. The van der Waals surface area contributed by atoms with Crippen LogP contribution in [0.1, 0.15) is 13.8 Å². The molecule has 1 aliphatic heterocycles. The molecule has 0 amide bonds. The molecule has 1 atom stereocenters. The molecule has 134 valence electrons. The van der Waals surface area contributed by atoms with Crippen molar-refractivity contribution in [3.63, 3.8) is 0 Å². The summed E-state index contributed by atoms with van der Waals surface area (Å²) in [7, 11) is 0. The van der Waals surface area contributed by atoms with Crippen LogP contribution >= 0.6 is 11.6 Å². The molecular weight excluding hydrogens is 352 g/mol. The van der Waals surface area contributed by atoms with Crippen LogP contribution in [0.15, 0.2) is 36.7 Å². The molecule has 0 bridgehead atoms. The molecule has 6 nitrogen and oxygen atoms in total. The number of benzene rings is 1. The Balaban J connectivity index is 1.81. The molecule has 0 saturated carbocycles. The van der Waals surface area contributed by atoms with E-state index < -0.39 is 0 Å². The van der Waals surface area contributed by atoms with Crippen molar-refractivity contribution in [2.75, 3.05) is 18.5 Å². The number of hydrogen-bond donors (Lipinski definition) is 2. The van der Waals surface area contributed by atoms with E-state index in [1.807, 2.05) is 6.07 Å². The molecule has 0 spiro atoms. The van der Waals surface area contributed by atoms with Gasteiger partial charge in [-0.25, -0.2) is 0 Å². The van der Waals surface area contributed by atoms with E-state index in [0.29, 0.717) is 35.3 Å². The average molecular weight is 371 g/mol. The van der Waals surface area contributed by atoms with Gasteiger partial charge in [-0.15, -0.1) is 10.2 Å². The van der Waals surface area contributed by atoms with Crippen molar-refractivity contribution in [3.05, 3.63) is 41.7 Å². The van der Waals surface area contributed by atoms with E-state index in [4.69, 9.17) is 16.3 Å². The molecule has 1 aliphatic rings. The Kier molecular flexibility index (Phi) is 4.17. The molecule has 3 aromatic rings. The van der Waals surface area contributed by atoms with Crippen LogP contribution in [-0.2, 0) is 4.74 Å². The Hall–Kier alpha value is -2.44. The SMILES string of the molecule is CC1(C)COC[C@@H]1Nc1nnc(-c2ccc(Cl)cc2O)c2ccncc12.